The Morgan fingerprint density at radius 3 is 3.06 bits per heavy atom. The Morgan fingerprint density at radius 1 is 1.59 bits per heavy atom. The summed E-state index contributed by atoms with van der Waals surface area (Å²) < 4.78 is 5.09. The summed E-state index contributed by atoms with van der Waals surface area (Å²) in [6.45, 7) is 0.322. The number of nitro groups is 1. The van der Waals surface area contributed by atoms with Gasteiger partial charge < -0.3 is 9.73 Å². The van der Waals surface area contributed by atoms with E-state index in [2.05, 4.69) is 10.3 Å². The lowest BCUT2D eigenvalue weighted by molar-refractivity contribution is -0.384. The maximum atomic E-state index is 10.8. The van der Waals surface area contributed by atoms with Crippen molar-refractivity contribution in [1.82, 2.24) is 4.98 Å². The van der Waals surface area contributed by atoms with Crippen LogP contribution in [0.1, 0.15) is 5.76 Å². The molecule has 88 valence electrons. The molecule has 7 heteroatoms. The molecule has 0 saturated carbocycles. The van der Waals surface area contributed by atoms with E-state index in [0.717, 1.165) is 0 Å². The van der Waals surface area contributed by atoms with Gasteiger partial charge >= 0.3 is 5.69 Å². The van der Waals surface area contributed by atoms with Crippen molar-refractivity contribution in [2.24, 2.45) is 0 Å². The van der Waals surface area contributed by atoms with Crippen LogP contribution in [0.15, 0.2) is 35.1 Å². The molecule has 2 aromatic rings. The molecule has 1 N–H and O–H groups in total. The standard InChI is InChI=1S/C10H8ClN3O3/c11-7-4-9(14(15)16)10(12-5-7)13-6-8-2-1-3-17-8/h1-5H,6H2,(H,12,13). The number of pyridine rings is 1. The van der Waals surface area contributed by atoms with Crippen molar-refractivity contribution < 1.29 is 9.34 Å². The molecule has 0 bridgehead atoms. The van der Waals surface area contributed by atoms with Crippen LogP contribution in [0.5, 0.6) is 0 Å². The first-order chi connectivity index (χ1) is 8.16. The van der Waals surface area contributed by atoms with Crippen molar-refractivity contribution in [2.45, 2.75) is 6.54 Å². The minimum Gasteiger partial charge on any atom is -0.467 e. The SMILES string of the molecule is O=[N+]([O-])c1cc(Cl)cnc1NCc1ccco1. The highest BCUT2D eigenvalue weighted by Gasteiger charge is 2.15. The Hall–Kier alpha value is -2.08. The van der Waals surface area contributed by atoms with E-state index >= 15 is 0 Å². The van der Waals surface area contributed by atoms with Crippen LogP contribution >= 0.6 is 11.6 Å². The first-order valence-electron chi connectivity index (χ1n) is 4.73. The second-order valence-electron chi connectivity index (χ2n) is 3.21. The van der Waals surface area contributed by atoms with Gasteiger partial charge in [0.05, 0.1) is 22.8 Å². The fourth-order valence-electron chi connectivity index (χ4n) is 1.29. The molecule has 6 nitrogen and oxygen atoms in total. The molecule has 0 aromatic carbocycles. The maximum absolute atomic E-state index is 10.8. The number of nitrogens with one attached hydrogen (secondary N) is 1. The minimum absolute atomic E-state index is 0.163. The Kier molecular flexibility index (Phi) is 3.24. The van der Waals surface area contributed by atoms with Crippen molar-refractivity contribution in [3.8, 4) is 0 Å². The van der Waals surface area contributed by atoms with E-state index < -0.39 is 4.92 Å². The van der Waals surface area contributed by atoms with Crippen molar-refractivity contribution in [2.75, 3.05) is 5.32 Å². The largest absolute Gasteiger partial charge is 0.467 e. The van der Waals surface area contributed by atoms with Gasteiger partial charge in [-0.05, 0) is 12.1 Å². The molecule has 0 aliphatic heterocycles. The Morgan fingerprint density at radius 2 is 2.41 bits per heavy atom. The molecule has 2 aromatic heterocycles. The van der Waals surface area contributed by atoms with Gasteiger partial charge in [0.25, 0.3) is 0 Å². The van der Waals surface area contributed by atoms with Crippen LogP contribution in [0, 0.1) is 10.1 Å². The van der Waals surface area contributed by atoms with Gasteiger partial charge in [-0.1, -0.05) is 11.6 Å². The van der Waals surface area contributed by atoms with Gasteiger partial charge in [-0.3, -0.25) is 10.1 Å². The molecular formula is C10H8ClN3O3. The lowest BCUT2D eigenvalue weighted by atomic mass is 10.3. The third kappa shape index (κ3) is 2.73. The topological polar surface area (TPSA) is 81.2 Å². The van der Waals surface area contributed by atoms with E-state index in [0.29, 0.717) is 12.3 Å². The summed E-state index contributed by atoms with van der Waals surface area (Å²) in [5, 5.41) is 13.8. The molecule has 0 radical (unpaired) electrons. The third-order valence-corrected chi connectivity index (χ3v) is 2.25. The minimum atomic E-state index is -0.538. The van der Waals surface area contributed by atoms with Crippen LogP contribution in [0.2, 0.25) is 5.02 Å². The summed E-state index contributed by atoms with van der Waals surface area (Å²) in [6, 6.07) is 4.74. The fraction of sp³-hybridized carbons (Fsp3) is 0.100. The number of hydrogen-bond donors (Lipinski definition) is 1. The highest BCUT2D eigenvalue weighted by atomic mass is 35.5. The number of anilines is 1. The van der Waals surface area contributed by atoms with Gasteiger partial charge in [0.2, 0.25) is 5.82 Å². The number of furan rings is 1. The predicted octanol–water partition coefficient (Wildman–Crippen LogP) is 2.85. The molecule has 0 atom stereocenters. The van der Waals surface area contributed by atoms with Gasteiger partial charge in [0.15, 0.2) is 0 Å². The molecule has 17 heavy (non-hydrogen) atoms. The summed E-state index contributed by atoms with van der Waals surface area (Å²) in [5.41, 5.74) is -0.163. The van der Waals surface area contributed by atoms with Gasteiger partial charge in [0, 0.05) is 12.3 Å². The Bertz CT molecular complexity index is 528. The normalized spacial score (nSPS) is 10.2. The molecule has 2 rings (SSSR count). The van der Waals surface area contributed by atoms with Crippen molar-refractivity contribution in [3.05, 3.63) is 51.6 Å². The molecule has 0 saturated heterocycles. The smallest absolute Gasteiger partial charge is 0.312 e. The summed E-state index contributed by atoms with van der Waals surface area (Å²) in [5.74, 6) is 0.826. The van der Waals surface area contributed by atoms with E-state index in [1.807, 2.05) is 0 Å². The van der Waals surface area contributed by atoms with E-state index in [-0.39, 0.29) is 16.5 Å². The van der Waals surface area contributed by atoms with Gasteiger partial charge in [-0.15, -0.1) is 0 Å². The van der Waals surface area contributed by atoms with Crippen LogP contribution in [0.3, 0.4) is 0 Å². The zero-order valence-electron chi connectivity index (χ0n) is 8.59. The van der Waals surface area contributed by atoms with E-state index in [1.54, 1.807) is 12.1 Å². The van der Waals surface area contributed by atoms with Crippen LogP contribution in [-0.4, -0.2) is 9.91 Å². The van der Waals surface area contributed by atoms with Gasteiger partial charge in [-0.25, -0.2) is 4.98 Å². The number of aromatic nitrogens is 1. The first-order valence-corrected chi connectivity index (χ1v) is 5.11. The zero-order valence-corrected chi connectivity index (χ0v) is 9.35. The summed E-state index contributed by atoms with van der Waals surface area (Å²) in [6.07, 6.45) is 2.87. The summed E-state index contributed by atoms with van der Waals surface area (Å²) in [7, 11) is 0. The monoisotopic (exact) mass is 253 g/mol. The molecule has 0 fully saturated rings. The number of rotatable bonds is 4. The van der Waals surface area contributed by atoms with Crippen LogP contribution < -0.4 is 5.32 Å². The zero-order chi connectivity index (χ0) is 12.3. The van der Waals surface area contributed by atoms with Crippen molar-refractivity contribution >= 4 is 23.1 Å². The third-order valence-electron chi connectivity index (χ3n) is 2.04. The number of halogens is 1. The molecule has 0 amide bonds. The van der Waals surface area contributed by atoms with Crippen LogP contribution in [-0.2, 0) is 6.54 Å². The average Bonchev–Trinajstić information content (AvgIpc) is 2.80. The van der Waals surface area contributed by atoms with Crippen molar-refractivity contribution in [3.63, 3.8) is 0 Å². The fourth-order valence-corrected chi connectivity index (χ4v) is 1.44. The second-order valence-corrected chi connectivity index (χ2v) is 3.65. The average molecular weight is 254 g/mol. The quantitative estimate of drug-likeness (QED) is 0.669. The van der Waals surface area contributed by atoms with Crippen molar-refractivity contribution in [1.29, 1.82) is 0 Å². The van der Waals surface area contributed by atoms with Crippen LogP contribution in [0.4, 0.5) is 11.5 Å². The Balaban J connectivity index is 2.17. The highest BCUT2D eigenvalue weighted by Crippen LogP contribution is 2.25. The van der Waals surface area contributed by atoms with E-state index in [1.165, 1.54) is 18.5 Å². The molecule has 2 heterocycles. The maximum Gasteiger partial charge on any atom is 0.312 e. The van der Waals surface area contributed by atoms with E-state index in [4.69, 9.17) is 16.0 Å². The Labute approximate surface area is 101 Å². The lowest BCUT2D eigenvalue weighted by Crippen LogP contribution is -2.03. The molecule has 0 unspecified atom stereocenters. The van der Waals surface area contributed by atoms with E-state index in [9.17, 15) is 10.1 Å². The summed E-state index contributed by atoms with van der Waals surface area (Å²) >= 11 is 5.65. The molecular weight excluding hydrogens is 246 g/mol. The predicted molar refractivity (Wildman–Crippen MR) is 61.9 cm³/mol. The molecule has 0 aliphatic carbocycles. The number of nitrogens with zero attached hydrogens (tertiary/aromatic N) is 2. The van der Waals surface area contributed by atoms with Gasteiger partial charge in [0.1, 0.15) is 5.76 Å². The first kappa shape index (κ1) is 11.4. The number of hydrogen-bond acceptors (Lipinski definition) is 5. The van der Waals surface area contributed by atoms with Gasteiger partial charge in [-0.2, -0.15) is 0 Å². The van der Waals surface area contributed by atoms with Crippen LogP contribution in [0.25, 0.3) is 0 Å². The summed E-state index contributed by atoms with van der Waals surface area (Å²) in [4.78, 5) is 14.1. The second kappa shape index (κ2) is 4.84. The molecule has 0 spiro atoms. The lowest BCUT2D eigenvalue weighted by Gasteiger charge is -2.04. The highest BCUT2D eigenvalue weighted by molar-refractivity contribution is 6.30. The molecule has 0 aliphatic rings.